The molecule has 0 unspecified atom stereocenters. The Bertz CT molecular complexity index is 653. The Morgan fingerprint density at radius 1 is 1.50 bits per heavy atom. The lowest BCUT2D eigenvalue weighted by atomic mass is 10.3. The van der Waals surface area contributed by atoms with E-state index in [0.29, 0.717) is 26.3 Å². The van der Waals surface area contributed by atoms with Crippen LogP contribution in [-0.2, 0) is 16.5 Å². The van der Waals surface area contributed by atoms with E-state index in [2.05, 4.69) is 15.0 Å². The molecule has 0 spiro atoms. The highest BCUT2D eigenvalue weighted by Crippen LogP contribution is 2.15. The van der Waals surface area contributed by atoms with Crippen molar-refractivity contribution in [3.63, 3.8) is 0 Å². The highest BCUT2D eigenvalue weighted by atomic mass is 16.6. The number of hydrazone groups is 1. The van der Waals surface area contributed by atoms with Crippen LogP contribution in [0.2, 0.25) is 0 Å². The zero-order valence-electron chi connectivity index (χ0n) is 13.2. The van der Waals surface area contributed by atoms with Crippen molar-refractivity contribution in [2.75, 3.05) is 39.4 Å². The molecule has 0 aromatic carbocycles. The molecule has 1 amide bonds. The summed E-state index contributed by atoms with van der Waals surface area (Å²) in [5.74, 6) is 0.136. The SMILES string of the molecule is Cn1c([N+](=O)[O-])cnc1/C=N\N1C[C@H](CN2CCOCC2)OC1=O. The van der Waals surface area contributed by atoms with Crippen LogP contribution in [0.4, 0.5) is 10.6 Å². The minimum Gasteiger partial charge on any atom is -0.441 e. The molecule has 2 aliphatic rings. The topological polar surface area (TPSA) is 115 Å². The van der Waals surface area contributed by atoms with Crippen molar-refractivity contribution in [3.05, 3.63) is 22.1 Å². The second kappa shape index (κ2) is 6.93. The van der Waals surface area contributed by atoms with Gasteiger partial charge in [0.15, 0.2) is 0 Å². The summed E-state index contributed by atoms with van der Waals surface area (Å²) in [7, 11) is 1.51. The van der Waals surface area contributed by atoms with Crippen LogP contribution in [0.25, 0.3) is 0 Å². The number of morpholine rings is 1. The van der Waals surface area contributed by atoms with Crippen LogP contribution < -0.4 is 0 Å². The molecule has 1 aromatic heterocycles. The number of carbonyl (C=O) groups excluding carboxylic acids is 1. The highest BCUT2D eigenvalue weighted by Gasteiger charge is 2.33. The molecule has 11 heteroatoms. The van der Waals surface area contributed by atoms with E-state index in [1.54, 1.807) is 0 Å². The average molecular weight is 338 g/mol. The summed E-state index contributed by atoms with van der Waals surface area (Å²) < 4.78 is 11.9. The molecule has 11 nitrogen and oxygen atoms in total. The third-order valence-electron chi connectivity index (χ3n) is 3.92. The predicted molar refractivity (Wildman–Crippen MR) is 81.7 cm³/mol. The van der Waals surface area contributed by atoms with Gasteiger partial charge in [-0.15, -0.1) is 0 Å². The number of carbonyl (C=O) groups is 1. The Balaban J connectivity index is 1.59. The van der Waals surface area contributed by atoms with E-state index in [9.17, 15) is 14.9 Å². The van der Waals surface area contributed by atoms with E-state index in [1.165, 1.54) is 22.8 Å². The summed E-state index contributed by atoms with van der Waals surface area (Å²) in [4.78, 5) is 28.2. The number of nitro groups is 1. The number of aromatic nitrogens is 2. The van der Waals surface area contributed by atoms with Crippen molar-refractivity contribution in [2.24, 2.45) is 12.1 Å². The van der Waals surface area contributed by atoms with Gasteiger partial charge in [0, 0.05) is 19.6 Å². The number of amides is 1. The molecule has 0 saturated carbocycles. The molecule has 0 bridgehead atoms. The minimum absolute atomic E-state index is 0.148. The van der Waals surface area contributed by atoms with Crippen molar-refractivity contribution in [2.45, 2.75) is 6.10 Å². The van der Waals surface area contributed by atoms with Gasteiger partial charge in [0.2, 0.25) is 5.82 Å². The maximum Gasteiger partial charge on any atom is 0.430 e. The standard InChI is InChI=1S/C13H18N6O5/c1-16-11(14-7-12(16)19(21)22)6-15-18-9-10(24-13(18)20)8-17-2-4-23-5-3-17/h6-7,10H,2-5,8-9H2,1H3/b15-6-/t10-/m0/s1. The number of nitrogens with zero attached hydrogens (tertiary/aromatic N) is 6. The van der Waals surface area contributed by atoms with Gasteiger partial charge in [-0.2, -0.15) is 10.1 Å². The first kappa shape index (κ1) is 16.3. The number of imidazole rings is 1. The summed E-state index contributed by atoms with van der Waals surface area (Å²) in [5.41, 5.74) is 0. The van der Waals surface area contributed by atoms with Crippen LogP contribution in [0.1, 0.15) is 5.82 Å². The van der Waals surface area contributed by atoms with Gasteiger partial charge in [-0.25, -0.2) is 14.3 Å². The van der Waals surface area contributed by atoms with Gasteiger partial charge in [-0.05, 0) is 4.92 Å². The lowest BCUT2D eigenvalue weighted by Gasteiger charge is -2.27. The van der Waals surface area contributed by atoms with E-state index in [-0.39, 0.29) is 17.7 Å². The zero-order chi connectivity index (χ0) is 17.1. The number of ether oxygens (including phenoxy) is 2. The van der Waals surface area contributed by atoms with Crippen molar-refractivity contribution in [1.82, 2.24) is 19.5 Å². The van der Waals surface area contributed by atoms with Crippen molar-refractivity contribution in [1.29, 1.82) is 0 Å². The molecular weight excluding hydrogens is 320 g/mol. The molecule has 1 aromatic rings. The fourth-order valence-corrected chi connectivity index (χ4v) is 2.59. The third-order valence-corrected chi connectivity index (χ3v) is 3.92. The maximum absolute atomic E-state index is 11.9. The normalized spacial score (nSPS) is 22.3. The van der Waals surface area contributed by atoms with Crippen LogP contribution in [-0.4, -0.2) is 82.2 Å². The highest BCUT2D eigenvalue weighted by molar-refractivity contribution is 5.78. The third kappa shape index (κ3) is 3.51. The van der Waals surface area contributed by atoms with E-state index < -0.39 is 11.0 Å². The molecular formula is C13H18N6O5. The van der Waals surface area contributed by atoms with Gasteiger partial charge < -0.3 is 19.6 Å². The van der Waals surface area contributed by atoms with Gasteiger partial charge in [-0.3, -0.25) is 4.90 Å². The van der Waals surface area contributed by atoms with Gasteiger partial charge in [0.05, 0.1) is 26.8 Å². The summed E-state index contributed by atoms with van der Waals surface area (Å²) >= 11 is 0. The second-order valence-corrected chi connectivity index (χ2v) is 5.54. The fraction of sp³-hybridized carbons (Fsp3) is 0.615. The van der Waals surface area contributed by atoms with Crippen LogP contribution in [0.3, 0.4) is 0 Å². The lowest BCUT2D eigenvalue weighted by molar-refractivity contribution is -0.391. The Kier molecular flexibility index (Phi) is 4.71. The first-order chi connectivity index (χ1) is 11.5. The molecule has 0 N–H and O–H groups in total. The van der Waals surface area contributed by atoms with Crippen LogP contribution >= 0.6 is 0 Å². The lowest BCUT2D eigenvalue weighted by Crippen LogP contribution is -2.41. The van der Waals surface area contributed by atoms with Crippen molar-refractivity contribution in [3.8, 4) is 0 Å². The van der Waals surface area contributed by atoms with E-state index in [0.717, 1.165) is 19.3 Å². The smallest absolute Gasteiger partial charge is 0.430 e. The number of cyclic esters (lactones) is 1. The minimum atomic E-state index is -0.535. The summed E-state index contributed by atoms with van der Waals surface area (Å²) in [5, 5.41) is 16.0. The van der Waals surface area contributed by atoms with Crippen molar-refractivity contribution >= 4 is 18.1 Å². The average Bonchev–Trinajstić information content (AvgIpc) is 3.09. The van der Waals surface area contributed by atoms with E-state index in [4.69, 9.17) is 9.47 Å². The van der Waals surface area contributed by atoms with Crippen LogP contribution in [0.5, 0.6) is 0 Å². The van der Waals surface area contributed by atoms with E-state index in [1.807, 2.05) is 0 Å². The molecule has 24 heavy (non-hydrogen) atoms. The summed E-state index contributed by atoms with van der Waals surface area (Å²) in [6.45, 7) is 3.96. The number of hydrogen-bond donors (Lipinski definition) is 0. The molecule has 3 heterocycles. The first-order valence-electron chi connectivity index (χ1n) is 7.53. The van der Waals surface area contributed by atoms with E-state index >= 15 is 0 Å². The largest absolute Gasteiger partial charge is 0.441 e. The Hall–Kier alpha value is -2.53. The summed E-state index contributed by atoms with van der Waals surface area (Å²) in [6.07, 6.45) is 1.66. The molecule has 2 saturated heterocycles. The number of hydrogen-bond acceptors (Lipinski definition) is 8. The Morgan fingerprint density at radius 2 is 2.25 bits per heavy atom. The van der Waals surface area contributed by atoms with Gasteiger partial charge in [0.1, 0.15) is 18.5 Å². The fourth-order valence-electron chi connectivity index (χ4n) is 2.59. The quantitative estimate of drug-likeness (QED) is 0.415. The predicted octanol–water partition coefficient (Wildman–Crippen LogP) is -0.185. The van der Waals surface area contributed by atoms with Gasteiger partial charge in [-0.1, -0.05) is 0 Å². The molecule has 130 valence electrons. The molecule has 3 rings (SSSR count). The van der Waals surface area contributed by atoms with Gasteiger partial charge in [0.25, 0.3) is 0 Å². The van der Waals surface area contributed by atoms with Crippen LogP contribution in [0.15, 0.2) is 11.3 Å². The zero-order valence-corrected chi connectivity index (χ0v) is 13.2. The first-order valence-corrected chi connectivity index (χ1v) is 7.53. The molecule has 1 atom stereocenters. The van der Waals surface area contributed by atoms with Crippen molar-refractivity contribution < 1.29 is 19.2 Å². The van der Waals surface area contributed by atoms with Crippen LogP contribution in [0, 0.1) is 10.1 Å². The number of rotatable bonds is 5. The Morgan fingerprint density at radius 3 is 2.92 bits per heavy atom. The Labute approximate surface area is 137 Å². The van der Waals surface area contributed by atoms with Gasteiger partial charge >= 0.3 is 11.9 Å². The molecule has 2 fully saturated rings. The second-order valence-electron chi connectivity index (χ2n) is 5.54. The molecule has 2 aliphatic heterocycles. The monoisotopic (exact) mass is 338 g/mol. The summed E-state index contributed by atoms with van der Waals surface area (Å²) in [6, 6.07) is 0. The molecule has 0 aliphatic carbocycles. The molecule has 0 radical (unpaired) electrons. The maximum atomic E-state index is 11.9.